The zero-order valence-electron chi connectivity index (χ0n) is 12.5. The predicted molar refractivity (Wildman–Crippen MR) is 87.6 cm³/mol. The monoisotopic (exact) mass is 325 g/mol. The third kappa shape index (κ3) is 5.76. The van der Waals surface area contributed by atoms with Crippen molar-refractivity contribution in [2.45, 2.75) is 50.6 Å². The molecule has 0 aliphatic heterocycles. The Morgan fingerprint density at radius 2 is 1.90 bits per heavy atom. The third-order valence-electron chi connectivity index (χ3n) is 4.50. The Kier molecular flexibility index (Phi) is 9.07. The highest BCUT2D eigenvalue weighted by molar-refractivity contribution is 5.85. The van der Waals surface area contributed by atoms with Crippen LogP contribution in [0, 0.1) is 11.8 Å². The minimum Gasteiger partial charge on any atom is -0.355 e. The van der Waals surface area contributed by atoms with Crippen LogP contribution in [0.1, 0.15) is 38.5 Å². The molecule has 0 aromatic carbocycles. The van der Waals surface area contributed by atoms with Crippen molar-refractivity contribution < 1.29 is 4.79 Å². The summed E-state index contributed by atoms with van der Waals surface area (Å²) in [6, 6.07) is 0.745. The molecule has 0 bridgehead atoms. The SMILES string of the molecule is CN(C)C(CNC(=O)C[C@@H]1CCC[C@H]1N)C1CC1.Cl.Cl. The molecule has 0 aromatic rings. The van der Waals surface area contributed by atoms with E-state index in [0.29, 0.717) is 18.4 Å². The van der Waals surface area contributed by atoms with Crippen molar-refractivity contribution in [3.63, 3.8) is 0 Å². The third-order valence-corrected chi connectivity index (χ3v) is 4.50. The number of halogens is 2. The first-order chi connectivity index (χ1) is 8.58. The minimum atomic E-state index is 0. The number of nitrogens with zero attached hydrogens (tertiary/aromatic N) is 1. The van der Waals surface area contributed by atoms with E-state index in [4.69, 9.17) is 5.73 Å². The van der Waals surface area contributed by atoms with Crippen molar-refractivity contribution in [1.29, 1.82) is 0 Å². The van der Waals surface area contributed by atoms with Gasteiger partial charge in [-0.1, -0.05) is 6.42 Å². The summed E-state index contributed by atoms with van der Waals surface area (Å²) in [6.45, 7) is 0.790. The van der Waals surface area contributed by atoms with Crippen LogP contribution in [-0.2, 0) is 4.79 Å². The second-order valence-electron chi connectivity index (χ2n) is 6.23. The van der Waals surface area contributed by atoms with Gasteiger partial charge >= 0.3 is 0 Å². The van der Waals surface area contributed by atoms with Gasteiger partial charge in [0.1, 0.15) is 0 Å². The Morgan fingerprint density at radius 3 is 2.35 bits per heavy atom. The van der Waals surface area contributed by atoms with Crippen molar-refractivity contribution >= 4 is 30.7 Å². The molecule has 2 aliphatic rings. The van der Waals surface area contributed by atoms with Crippen LogP contribution in [0.2, 0.25) is 0 Å². The fourth-order valence-corrected chi connectivity index (χ4v) is 3.10. The maximum Gasteiger partial charge on any atom is 0.220 e. The van der Waals surface area contributed by atoms with E-state index in [2.05, 4.69) is 24.3 Å². The largest absolute Gasteiger partial charge is 0.355 e. The summed E-state index contributed by atoms with van der Waals surface area (Å²) in [6.07, 6.45) is 6.63. The van der Waals surface area contributed by atoms with E-state index in [-0.39, 0.29) is 36.8 Å². The topological polar surface area (TPSA) is 58.4 Å². The number of nitrogens with one attached hydrogen (secondary N) is 1. The van der Waals surface area contributed by atoms with E-state index in [1.54, 1.807) is 0 Å². The molecule has 0 heterocycles. The van der Waals surface area contributed by atoms with E-state index in [9.17, 15) is 4.79 Å². The average Bonchev–Trinajstić information content (AvgIpc) is 3.05. The van der Waals surface area contributed by atoms with E-state index in [1.807, 2.05) is 0 Å². The van der Waals surface area contributed by atoms with Gasteiger partial charge in [-0.15, -0.1) is 24.8 Å². The van der Waals surface area contributed by atoms with Gasteiger partial charge in [0.15, 0.2) is 0 Å². The van der Waals surface area contributed by atoms with Gasteiger partial charge in [0.25, 0.3) is 0 Å². The van der Waals surface area contributed by atoms with Gasteiger partial charge in [-0.25, -0.2) is 0 Å². The molecule has 0 spiro atoms. The first-order valence-electron chi connectivity index (χ1n) is 7.26. The Hall–Kier alpha value is -0.0300. The van der Waals surface area contributed by atoms with Gasteiger partial charge in [-0.3, -0.25) is 4.79 Å². The molecule has 0 radical (unpaired) electrons. The fraction of sp³-hybridized carbons (Fsp3) is 0.929. The highest BCUT2D eigenvalue weighted by Gasteiger charge is 2.33. The molecule has 1 amide bonds. The summed E-state index contributed by atoms with van der Waals surface area (Å²) < 4.78 is 0. The number of carbonyl (C=O) groups excluding carboxylic acids is 1. The standard InChI is InChI=1S/C14H27N3O.2ClH/c1-17(2)13(10-6-7-10)9-16-14(18)8-11-4-3-5-12(11)15;;/h10-13H,3-9,15H2,1-2H3,(H,16,18);2*1H/t11-,12+,13?;;/m0../s1. The molecule has 0 aromatic heterocycles. The smallest absolute Gasteiger partial charge is 0.220 e. The molecule has 20 heavy (non-hydrogen) atoms. The second kappa shape index (κ2) is 9.08. The summed E-state index contributed by atoms with van der Waals surface area (Å²) in [7, 11) is 4.20. The summed E-state index contributed by atoms with van der Waals surface area (Å²) in [4.78, 5) is 14.2. The van der Waals surface area contributed by atoms with Crippen LogP contribution in [0.25, 0.3) is 0 Å². The lowest BCUT2D eigenvalue weighted by Gasteiger charge is -2.25. The lowest BCUT2D eigenvalue weighted by atomic mass is 10.00. The van der Waals surface area contributed by atoms with Crippen LogP contribution in [0.5, 0.6) is 0 Å². The van der Waals surface area contributed by atoms with Crippen molar-refractivity contribution in [3.8, 4) is 0 Å². The molecule has 120 valence electrons. The van der Waals surface area contributed by atoms with Crippen molar-refractivity contribution in [2.75, 3.05) is 20.6 Å². The Morgan fingerprint density at radius 1 is 1.25 bits per heavy atom. The van der Waals surface area contributed by atoms with Crippen LogP contribution in [0.4, 0.5) is 0 Å². The van der Waals surface area contributed by atoms with Gasteiger partial charge in [-0.2, -0.15) is 0 Å². The number of nitrogens with two attached hydrogens (primary N) is 1. The van der Waals surface area contributed by atoms with Crippen LogP contribution >= 0.6 is 24.8 Å². The summed E-state index contributed by atoms with van der Waals surface area (Å²) in [5.41, 5.74) is 6.00. The molecule has 2 saturated carbocycles. The summed E-state index contributed by atoms with van der Waals surface area (Å²) >= 11 is 0. The molecule has 2 rings (SSSR count). The first kappa shape index (κ1) is 20.0. The second-order valence-corrected chi connectivity index (χ2v) is 6.23. The molecule has 3 atom stereocenters. The van der Waals surface area contributed by atoms with Crippen molar-refractivity contribution in [3.05, 3.63) is 0 Å². The molecular formula is C14H29Cl2N3O. The van der Waals surface area contributed by atoms with E-state index >= 15 is 0 Å². The molecule has 2 fully saturated rings. The lowest BCUT2D eigenvalue weighted by molar-refractivity contribution is -0.122. The molecule has 0 saturated heterocycles. The fourth-order valence-electron chi connectivity index (χ4n) is 3.10. The highest BCUT2D eigenvalue weighted by atomic mass is 35.5. The molecular weight excluding hydrogens is 297 g/mol. The van der Waals surface area contributed by atoms with Gasteiger partial charge in [0.05, 0.1) is 0 Å². The minimum absolute atomic E-state index is 0. The van der Waals surface area contributed by atoms with E-state index in [1.165, 1.54) is 19.3 Å². The average molecular weight is 326 g/mol. The zero-order valence-corrected chi connectivity index (χ0v) is 14.1. The lowest BCUT2D eigenvalue weighted by Crippen LogP contribution is -2.42. The molecule has 2 aliphatic carbocycles. The number of hydrogen-bond acceptors (Lipinski definition) is 3. The van der Waals surface area contributed by atoms with Crippen LogP contribution in [0.15, 0.2) is 0 Å². The van der Waals surface area contributed by atoms with E-state index in [0.717, 1.165) is 25.3 Å². The maximum absolute atomic E-state index is 11.9. The zero-order chi connectivity index (χ0) is 13.1. The quantitative estimate of drug-likeness (QED) is 0.783. The number of amides is 1. The van der Waals surface area contributed by atoms with Crippen LogP contribution < -0.4 is 11.1 Å². The number of rotatable bonds is 6. The summed E-state index contributed by atoms with van der Waals surface area (Å²) in [5.74, 6) is 1.38. The van der Waals surface area contributed by atoms with Crippen molar-refractivity contribution in [1.82, 2.24) is 10.2 Å². The van der Waals surface area contributed by atoms with Gasteiger partial charge in [-0.05, 0) is 51.6 Å². The molecule has 4 nitrogen and oxygen atoms in total. The Bertz CT molecular complexity index is 296. The van der Waals surface area contributed by atoms with Gasteiger partial charge in [0.2, 0.25) is 5.91 Å². The number of hydrogen-bond donors (Lipinski definition) is 2. The maximum atomic E-state index is 11.9. The first-order valence-corrected chi connectivity index (χ1v) is 7.26. The van der Waals surface area contributed by atoms with Crippen LogP contribution in [-0.4, -0.2) is 43.5 Å². The van der Waals surface area contributed by atoms with Gasteiger partial charge in [0, 0.05) is 25.0 Å². The highest BCUT2D eigenvalue weighted by Crippen LogP contribution is 2.34. The molecule has 3 N–H and O–H groups in total. The van der Waals surface area contributed by atoms with E-state index < -0.39 is 0 Å². The normalized spacial score (nSPS) is 26.6. The molecule has 6 heteroatoms. The summed E-state index contributed by atoms with van der Waals surface area (Å²) in [5, 5.41) is 3.10. The Balaban J connectivity index is 0.00000180. The van der Waals surface area contributed by atoms with Crippen molar-refractivity contribution in [2.24, 2.45) is 17.6 Å². The molecule has 1 unspecified atom stereocenters. The van der Waals surface area contributed by atoms with Gasteiger partial charge < -0.3 is 16.0 Å². The number of likely N-dealkylation sites (N-methyl/N-ethyl adjacent to an activating group) is 1. The van der Waals surface area contributed by atoms with Crippen LogP contribution in [0.3, 0.4) is 0 Å². The predicted octanol–water partition coefficient (Wildman–Crippen LogP) is 1.80. The number of carbonyl (C=O) groups is 1. The Labute approximate surface area is 135 Å².